The molecule has 148 valence electrons. The molecule has 1 fully saturated rings. The molecule has 0 heterocycles. The molecule has 0 radical (unpaired) electrons. The van der Waals surface area contributed by atoms with Crippen molar-refractivity contribution in [3.05, 3.63) is 35.4 Å². The van der Waals surface area contributed by atoms with Gasteiger partial charge >= 0.3 is 6.18 Å². The fourth-order valence-electron chi connectivity index (χ4n) is 2.94. The lowest BCUT2D eigenvalue weighted by atomic mass is 10.0. The number of rotatable bonds is 6. The topological polar surface area (TPSA) is 56.7 Å². The van der Waals surface area contributed by atoms with Gasteiger partial charge in [0, 0.05) is 13.1 Å². The van der Waals surface area contributed by atoms with Gasteiger partial charge in [0.15, 0.2) is 5.96 Å². The van der Waals surface area contributed by atoms with Crippen molar-refractivity contribution in [3.8, 4) is 0 Å². The lowest BCUT2D eigenvalue weighted by Gasteiger charge is -2.20. The fraction of sp³-hybridized carbons (Fsp3) is 0.611. The maximum atomic E-state index is 12.5. The highest BCUT2D eigenvalue weighted by Crippen LogP contribution is 2.30. The first-order chi connectivity index (χ1) is 11.8. The molecule has 0 atom stereocenters. The first-order valence-corrected chi connectivity index (χ1v) is 8.73. The number of alkyl halides is 3. The average molecular weight is 485 g/mol. The van der Waals surface area contributed by atoms with Crippen LogP contribution in [0.5, 0.6) is 0 Å². The number of hydrogen-bond acceptors (Lipinski definition) is 2. The Balaban J connectivity index is 0.00000338. The number of aliphatic hydroxyl groups is 1. The van der Waals surface area contributed by atoms with E-state index >= 15 is 0 Å². The normalized spacial score (nSPS) is 16.9. The molecule has 1 aliphatic carbocycles. The summed E-state index contributed by atoms with van der Waals surface area (Å²) in [5, 5.41) is 16.6. The maximum Gasteiger partial charge on any atom is 0.416 e. The van der Waals surface area contributed by atoms with E-state index in [1.54, 1.807) is 0 Å². The smallest absolute Gasteiger partial charge is 0.388 e. The number of guanidine groups is 1. The zero-order valence-corrected chi connectivity index (χ0v) is 17.2. The molecule has 1 aromatic carbocycles. The molecule has 26 heavy (non-hydrogen) atoms. The highest BCUT2D eigenvalue weighted by atomic mass is 127. The van der Waals surface area contributed by atoms with Crippen LogP contribution in [-0.2, 0) is 12.6 Å². The molecular formula is C18H27F3IN3O. The predicted molar refractivity (Wildman–Crippen MR) is 108 cm³/mol. The summed E-state index contributed by atoms with van der Waals surface area (Å²) in [6.07, 6.45) is -0.0916. The van der Waals surface area contributed by atoms with Crippen LogP contribution in [0.3, 0.4) is 0 Å². The van der Waals surface area contributed by atoms with Gasteiger partial charge in [-0.15, -0.1) is 24.0 Å². The van der Waals surface area contributed by atoms with E-state index in [1.807, 2.05) is 6.92 Å². The van der Waals surface area contributed by atoms with E-state index in [4.69, 9.17) is 0 Å². The predicted octanol–water partition coefficient (Wildman–Crippen LogP) is 3.73. The zero-order chi connectivity index (χ0) is 18.3. The van der Waals surface area contributed by atoms with Crippen molar-refractivity contribution in [3.63, 3.8) is 0 Å². The molecule has 1 aromatic rings. The van der Waals surface area contributed by atoms with Gasteiger partial charge in [0.25, 0.3) is 0 Å². The van der Waals surface area contributed by atoms with Gasteiger partial charge in [-0.05, 0) is 43.9 Å². The summed E-state index contributed by atoms with van der Waals surface area (Å²) >= 11 is 0. The monoisotopic (exact) mass is 485 g/mol. The molecule has 0 amide bonds. The Bertz CT molecular complexity index is 570. The molecular weight excluding hydrogens is 458 g/mol. The summed E-state index contributed by atoms with van der Waals surface area (Å²) in [6.45, 7) is 3.57. The van der Waals surface area contributed by atoms with Gasteiger partial charge in [0.1, 0.15) is 0 Å². The van der Waals surface area contributed by atoms with E-state index in [-0.39, 0.29) is 24.0 Å². The summed E-state index contributed by atoms with van der Waals surface area (Å²) in [5.74, 6) is 0.620. The summed E-state index contributed by atoms with van der Waals surface area (Å²) in [4.78, 5) is 4.44. The lowest BCUT2D eigenvalue weighted by molar-refractivity contribution is -0.137. The number of aliphatic imine (C=N–C) groups is 1. The van der Waals surface area contributed by atoms with Crippen LogP contribution < -0.4 is 10.6 Å². The van der Waals surface area contributed by atoms with Crippen molar-refractivity contribution < 1.29 is 18.3 Å². The number of benzene rings is 1. The van der Waals surface area contributed by atoms with E-state index in [0.717, 1.165) is 43.4 Å². The minimum Gasteiger partial charge on any atom is -0.388 e. The summed E-state index contributed by atoms with van der Waals surface area (Å²) < 4.78 is 37.6. The van der Waals surface area contributed by atoms with E-state index in [0.29, 0.717) is 32.0 Å². The second kappa shape index (κ2) is 10.3. The van der Waals surface area contributed by atoms with Crippen LogP contribution >= 0.6 is 24.0 Å². The molecule has 0 aliphatic heterocycles. The summed E-state index contributed by atoms with van der Waals surface area (Å²) in [6, 6.07) is 5.19. The van der Waals surface area contributed by atoms with Crippen LogP contribution in [0, 0.1) is 0 Å². The Kier molecular flexibility index (Phi) is 9.15. The molecule has 0 saturated heterocycles. The number of nitrogens with one attached hydrogen (secondary N) is 2. The highest BCUT2D eigenvalue weighted by Gasteiger charge is 2.31. The van der Waals surface area contributed by atoms with Gasteiger partial charge in [0.2, 0.25) is 0 Å². The minimum atomic E-state index is -4.30. The molecule has 0 aromatic heterocycles. The third-order valence-electron chi connectivity index (χ3n) is 4.40. The third kappa shape index (κ3) is 7.30. The van der Waals surface area contributed by atoms with Crippen molar-refractivity contribution in [1.29, 1.82) is 0 Å². The summed E-state index contributed by atoms with van der Waals surface area (Å²) in [5.41, 5.74) is -0.509. The number of halogens is 4. The van der Waals surface area contributed by atoms with Gasteiger partial charge < -0.3 is 15.7 Å². The Morgan fingerprint density at radius 2 is 1.77 bits per heavy atom. The minimum absolute atomic E-state index is 0. The van der Waals surface area contributed by atoms with E-state index in [9.17, 15) is 18.3 Å². The van der Waals surface area contributed by atoms with Gasteiger partial charge in [-0.2, -0.15) is 13.2 Å². The molecule has 0 bridgehead atoms. The fourth-order valence-corrected chi connectivity index (χ4v) is 2.94. The van der Waals surface area contributed by atoms with Crippen LogP contribution in [-0.4, -0.2) is 36.3 Å². The molecule has 0 unspecified atom stereocenters. The standard InChI is InChI=1S/C18H26F3N3O.HI/c1-2-22-16(24-13-17(25)10-3-4-11-17)23-12-9-14-5-7-15(8-6-14)18(19,20)21;/h5-8,25H,2-4,9-13H2,1H3,(H2,22,23,24);1H. The van der Waals surface area contributed by atoms with Crippen LogP contribution in [0.1, 0.15) is 43.7 Å². The first-order valence-electron chi connectivity index (χ1n) is 8.73. The number of nitrogens with zero attached hydrogens (tertiary/aromatic N) is 1. The molecule has 1 saturated carbocycles. The largest absolute Gasteiger partial charge is 0.416 e. The van der Waals surface area contributed by atoms with Gasteiger partial charge in [-0.3, -0.25) is 4.99 Å². The Labute approximate surface area is 169 Å². The van der Waals surface area contributed by atoms with Crippen LogP contribution in [0.4, 0.5) is 13.2 Å². The summed E-state index contributed by atoms with van der Waals surface area (Å²) in [7, 11) is 0. The van der Waals surface area contributed by atoms with Gasteiger partial charge in [-0.25, -0.2) is 0 Å². The van der Waals surface area contributed by atoms with Crippen LogP contribution in [0.25, 0.3) is 0 Å². The van der Waals surface area contributed by atoms with Crippen LogP contribution in [0.2, 0.25) is 0 Å². The molecule has 2 rings (SSSR count). The van der Waals surface area contributed by atoms with E-state index < -0.39 is 17.3 Å². The Hall–Kier alpha value is -1.03. The van der Waals surface area contributed by atoms with Crippen molar-refractivity contribution in [1.82, 2.24) is 10.6 Å². The van der Waals surface area contributed by atoms with Crippen molar-refractivity contribution >= 4 is 29.9 Å². The number of hydrogen-bond donors (Lipinski definition) is 3. The first kappa shape index (κ1) is 23.0. The molecule has 3 N–H and O–H groups in total. The Morgan fingerprint density at radius 3 is 2.31 bits per heavy atom. The van der Waals surface area contributed by atoms with Crippen LogP contribution in [0.15, 0.2) is 29.3 Å². The second-order valence-electron chi connectivity index (χ2n) is 6.50. The maximum absolute atomic E-state index is 12.5. The van der Waals surface area contributed by atoms with Gasteiger partial charge in [-0.1, -0.05) is 25.0 Å². The average Bonchev–Trinajstić information content (AvgIpc) is 2.99. The van der Waals surface area contributed by atoms with Gasteiger partial charge in [0.05, 0.1) is 17.7 Å². The second-order valence-corrected chi connectivity index (χ2v) is 6.50. The molecule has 8 heteroatoms. The third-order valence-corrected chi connectivity index (χ3v) is 4.40. The van der Waals surface area contributed by atoms with Crippen molar-refractivity contribution in [2.24, 2.45) is 4.99 Å². The van der Waals surface area contributed by atoms with Crippen molar-refractivity contribution in [2.45, 2.75) is 50.8 Å². The zero-order valence-electron chi connectivity index (χ0n) is 14.9. The highest BCUT2D eigenvalue weighted by molar-refractivity contribution is 14.0. The SMILES string of the molecule is CCNC(=NCC1(O)CCCC1)NCCc1ccc(C(F)(F)F)cc1.I. The van der Waals surface area contributed by atoms with Crippen molar-refractivity contribution in [2.75, 3.05) is 19.6 Å². The quantitative estimate of drug-likeness (QED) is 0.327. The van der Waals surface area contributed by atoms with E-state index in [1.165, 1.54) is 12.1 Å². The molecule has 0 spiro atoms. The molecule has 4 nitrogen and oxygen atoms in total. The Morgan fingerprint density at radius 1 is 1.15 bits per heavy atom. The molecule has 1 aliphatic rings. The van der Waals surface area contributed by atoms with E-state index in [2.05, 4.69) is 15.6 Å². The lowest BCUT2D eigenvalue weighted by Crippen LogP contribution is -2.40.